The van der Waals surface area contributed by atoms with Gasteiger partial charge in [-0.2, -0.15) is 13.8 Å². The summed E-state index contributed by atoms with van der Waals surface area (Å²) in [6.45, 7) is 3.77. The van der Waals surface area contributed by atoms with Crippen molar-refractivity contribution in [3.05, 3.63) is 102 Å². The van der Waals surface area contributed by atoms with E-state index in [0.717, 1.165) is 5.56 Å². The van der Waals surface area contributed by atoms with Gasteiger partial charge in [-0.3, -0.25) is 4.79 Å². The predicted molar refractivity (Wildman–Crippen MR) is 157 cm³/mol. The highest BCUT2D eigenvalue weighted by molar-refractivity contribution is 7.89. The number of carbonyl (C=O) groups excluding carboxylic acids is 1. The summed E-state index contributed by atoms with van der Waals surface area (Å²) < 4.78 is 68.5. The molecule has 3 aromatic carbocycles. The molecule has 1 heterocycles. The van der Waals surface area contributed by atoms with Crippen LogP contribution in [0.4, 0.5) is 30.4 Å². The lowest BCUT2D eigenvalue weighted by Gasteiger charge is -2.22. The molecule has 42 heavy (non-hydrogen) atoms. The third kappa shape index (κ3) is 7.45. The second-order valence-corrected chi connectivity index (χ2v) is 11.6. The standard InChI is InChI=1S/C30H30F3N5O3S/c1-18(2)16-23(37-27-25(31)28(33)38-29(26(27)32)35-17-19-8-4-3-5-9-19)30(39)36-21-14-12-20(13-15-21)22-10-6-7-11-24(22)42(34,40)41/h3-15,18,23H,16-17H2,1-2H3,(H,36,39)(H2,34,40,41)(H2,35,37,38). The number of anilines is 3. The van der Waals surface area contributed by atoms with E-state index in [2.05, 4.69) is 20.9 Å². The predicted octanol–water partition coefficient (Wildman–Crippen LogP) is 5.89. The summed E-state index contributed by atoms with van der Waals surface area (Å²) >= 11 is 0. The molecule has 4 rings (SSSR count). The highest BCUT2D eigenvalue weighted by Gasteiger charge is 2.27. The van der Waals surface area contributed by atoms with E-state index < -0.39 is 51.1 Å². The van der Waals surface area contributed by atoms with E-state index in [1.54, 1.807) is 66.7 Å². The molecule has 0 bridgehead atoms. The van der Waals surface area contributed by atoms with Gasteiger partial charge in [-0.1, -0.05) is 74.5 Å². The molecule has 1 atom stereocenters. The average molecular weight is 598 g/mol. The van der Waals surface area contributed by atoms with Gasteiger partial charge >= 0.3 is 0 Å². The Balaban J connectivity index is 1.55. The van der Waals surface area contributed by atoms with Crippen LogP contribution in [-0.2, 0) is 21.4 Å². The molecule has 4 aromatic rings. The van der Waals surface area contributed by atoms with Gasteiger partial charge < -0.3 is 16.0 Å². The fourth-order valence-electron chi connectivity index (χ4n) is 4.33. The molecule has 0 aliphatic carbocycles. The van der Waals surface area contributed by atoms with Crippen LogP contribution in [0.15, 0.2) is 83.8 Å². The molecule has 1 unspecified atom stereocenters. The number of carbonyl (C=O) groups is 1. The zero-order chi connectivity index (χ0) is 30.4. The highest BCUT2D eigenvalue weighted by atomic mass is 32.2. The van der Waals surface area contributed by atoms with Crippen LogP contribution in [0.1, 0.15) is 25.8 Å². The fraction of sp³-hybridized carbons (Fsp3) is 0.200. The molecule has 8 nitrogen and oxygen atoms in total. The maximum absolute atomic E-state index is 15.3. The summed E-state index contributed by atoms with van der Waals surface area (Å²) in [6, 6.07) is 20.3. The van der Waals surface area contributed by atoms with Crippen molar-refractivity contribution in [1.29, 1.82) is 0 Å². The summed E-state index contributed by atoms with van der Waals surface area (Å²) in [7, 11) is -3.97. The largest absolute Gasteiger partial charge is 0.369 e. The molecule has 5 N–H and O–H groups in total. The number of halogens is 3. The molecule has 0 saturated carbocycles. The van der Waals surface area contributed by atoms with Crippen LogP contribution in [-0.4, -0.2) is 25.4 Å². The van der Waals surface area contributed by atoms with Crippen molar-refractivity contribution in [2.75, 3.05) is 16.0 Å². The molecule has 0 aliphatic rings. The van der Waals surface area contributed by atoms with Crippen molar-refractivity contribution in [2.24, 2.45) is 11.1 Å². The highest BCUT2D eigenvalue weighted by Crippen LogP contribution is 2.30. The Morgan fingerprint density at radius 3 is 2.19 bits per heavy atom. The Morgan fingerprint density at radius 1 is 0.905 bits per heavy atom. The molecule has 220 valence electrons. The third-order valence-electron chi connectivity index (χ3n) is 6.34. The van der Waals surface area contributed by atoms with Crippen molar-refractivity contribution in [2.45, 2.75) is 37.8 Å². The summed E-state index contributed by atoms with van der Waals surface area (Å²) in [5.41, 5.74) is 1.24. The van der Waals surface area contributed by atoms with Crippen molar-refractivity contribution < 1.29 is 26.4 Å². The quantitative estimate of drug-likeness (QED) is 0.160. The summed E-state index contributed by atoms with van der Waals surface area (Å²) in [4.78, 5) is 16.6. The summed E-state index contributed by atoms with van der Waals surface area (Å²) in [5.74, 6) is -5.41. The second kappa shape index (κ2) is 13.0. The minimum atomic E-state index is -3.97. The van der Waals surface area contributed by atoms with E-state index in [1.165, 1.54) is 6.07 Å². The molecule has 1 amide bonds. The number of benzene rings is 3. The Labute approximate surface area is 242 Å². The molecule has 0 radical (unpaired) electrons. The van der Waals surface area contributed by atoms with Crippen LogP contribution in [0, 0.1) is 23.5 Å². The van der Waals surface area contributed by atoms with E-state index in [-0.39, 0.29) is 23.8 Å². The molecule has 0 spiro atoms. The van der Waals surface area contributed by atoms with E-state index in [0.29, 0.717) is 16.8 Å². The first-order valence-electron chi connectivity index (χ1n) is 13.1. The number of nitrogens with zero attached hydrogens (tertiary/aromatic N) is 1. The third-order valence-corrected chi connectivity index (χ3v) is 7.31. The minimum absolute atomic E-state index is 0.0470. The number of hydrogen-bond acceptors (Lipinski definition) is 6. The molecule has 0 saturated heterocycles. The van der Waals surface area contributed by atoms with Gasteiger partial charge in [0.1, 0.15) is 11.7 Å². The number of sulfonamides is 1. The molecule has 12 heteroatoms. The molecular weight excluding hydrogens is 567 g/mol. The SMILES string of the molecule is CC(C)CC(Nc1c(F)c(F)nc(NCc2ccccc2)c1F)C(=O)Nc1ccc(-c2ccccc2S(N)(=O)=O)cc1. The van der Waals surface area contributed by atoms with E-state index in [9.17, 15) is 22.0 Å². The minimum Gasteiger partial charge on any atom is -0.369 e. The van der Waals surface area contributed by atoms with Crippen molar-refractivity contribution >= 4 is 33.1 Å². The van der Waals surface area contributed by atoms with Crippen LogP contribution < -0.4 is 21.1 Å². The monoisotopic (exact) mass is 597 g/mol. The normalized spacial score (nSPS) is 12.2. The number of aromatic nitrogens is 1. The molecule has 0 aliphatic heterocycles. The number of pyridine rings is 1. The maximum Gasteiger partial charge on any atom is 0.253 e. The smallest absolute Gasteiger partial charge is 0.253 e. The molecule has 0 fully saturated rings. The van der Waals surface area contributed by atoms with E-state index in [4.69, 9.17) is 5.14 Å². The van der Waals surface area contributed by atoms with Crippen molar-refractivity contribution in [1.82, 2.24) is 4.98 Å². The van der Waals surface area contributed by atoms with E-state index >= 15 is 4.39 Å². The van der Waals surface area contributed by atoms with Crippen LogP contribution in [0.3, 0.4) is 0 Å². The van der Waals surface area contributed by atoms with Gasteiger partial charge in [0.05, 0.1) is 4.90 Å². The lowest BCUT2D eigenvalue weighted by atomic mass is 10.0. The zero-order valence-electron chi connectivity index (χ0n) is 22.9. The van der Waals surface area contributed by atoms with Gasteiger partial charge in [-0.15, -0.1) is 0 Å². The van der Waals surface area contributed by atoms with Gasteiger partial charge in [-0.05, 0) is 41.7 Å². The summed E-state index contributed by atoms with van der Waals surface area (Å²) in [5, 5.41) is 13.2. The van der Waals surface area contributed by atoms with Gasteiger partial charge in [0.2, 0.25) is 21.7 Å². The topological polar surface area (TPSA) is 126 Å². The first-order valence-corrected chi connectivity index (χ1v) is 14.6. The number of rotatable bonds is 11. The number of nitrogens with one attached hydrogen (secondary N) is 3. The van der Waals surface area contributed by atoms with Crippen molar-refractivity contribution in [3.8, 4) is 11.1 Å². The number of primary sulfonamides is 1. The van der Waals surface area contributed by atoms with Crippen LogP contribution in [0.25, 0.3) is 11.1 Å². The molecular formula is C30H30F3N5O3S. The first-order chi connectivity index (χ1) is 19.9. The second-order valence-electron chi connectivity index (χ2n) is 10.0. The number of hydrogen-bond donors (Lipinski definition) is 4. The lowest BCUT2D eigenvalue weighted by molar-refractivity contribution is -0.117. The maximum atomic E-state index is 15.3. The number of nitrogens with two attached hydrogens (primary N) is 1. The Kier molecular flexibility index (Phi) is 9.48. The summed E-state index contributed by atoms with van der Waals surface area (Å²) in [6.07, 6.45) is 0.168. The van der Waals surface area contributed by atoms with Crippen molar-refractivity contribution in [3.63, 3.8) is 0 Å². The van der Waals surface area contributed by atoms with Crippen LogP contribution >= 0.6 is 0 Å². The Morgan fingerprint density at radius 2 is 1.55 bits per heavy atom. The zero-order valence-corrected chi connectivity index (χ0v) is 23.7. The van der Waals surface area contributed by atoms with E-state index in [1.807, 2.05) is 19.9 Å². The average Bonchev–Trinajstić information content (AvgIpc) is 2.96. The Bertz CT molecular complexity index is 1670. The van der Waals surface area contributed by atoms with Gasteiger partial charge in [-0.25, -0.2) is 17.9 Å². The fourth-order valence-corrected chi connectivity index (χ4v) is 5.09. The lowest BCUT2D eigenvalue weighted by Crippen LogP contribution is -2.36. The van der Waals surface area contributed by atoms with Gasteiger partial charge in [0, 0.05) is 17.8 Å². The van der Waals surface area contributed by atoms with Crippen LogP contribution in [0.5, 0.6) is 0 Å². The first kappa shape index (κ1) is 30.5. The molecule has 1 aromatic heterocycles. The van der Waals surface area contributed by atoms with Gasteiger partial charge in [0.25, 0.3) is 5.95 Å². The Hall–Kier alpha value is -4.42. The number of amides is 1. The van der Waals surface area contributed by atoms with Crippen LogP contribution in [0.2, 0.25) is 0 Å². The van der Waals surface area contributed by atoms with Gasteiger partial charge in [0.15, 0.2) is 11.6 Å².